The molecule has 0 radical (unpaired) electrons. The van der Waals surface area contributed by atoms with Crippen molar-refractivity contribution in [3.05, 3.63) is 30.1 Å². The van der Waals surface area contributed by atoms with Crippen LogP contribution >= 0.6 is 0 Å². The smallest absolute Gasteiger partial charge is 0.123 e. The Morgan fingerprint density at radius 3 is 2.68 bits per heavy atom. The Hall–Kier alpha value is -1.39. The molecule has 0 saturated heterocycles. The Labute approximate surface area is 114 Å². The molecular formula is C15H23N3O. The summed E-state index contributed by atoms with van der Waals surface area (Å²) in [7, 11) is 3.80. The molecule has 1 atom stereocenters. The van der Waals surface area contributed by atoms with Crippen LogP contribution in [0, 0.1) is 5.92 Å². The number of rotatable bonds is 6. The normalized spacial score (nSPS) is 13.3. The van der Waals surface area contributed by atoms with Crippen molar-refractivity contribution in [1.29, 1.82) is 0 Å². The summed E-state index contributed by atoms with van der Waals surface area (Å²) in [6.07, 6.45) is 0. The van der Waals surface area contributed by atoms with Gasteiger partial charge in [0.15, 0.2) is 0 Å². The van der Waals surface area contributed by atoms with Gasteiger partial charge in [0.2, 0.25) is 0 Å². The fourth-order valence-corrected chi connectivity index (χ4v) is 2.24. The second kappa shape index (κ2) is 6.17. The highest BCUT2D eigenvalue weighted by Gasteiger charge is 2.14. The number of hydrogen-bond acceptors (Lipinski definition) is 3. The van der Waals surface area contributed by atoms with Gasteiger partial charge in [0.25, 0.3) is 0 Å². The summed E-state index contributed by atoms with van der Waals surface area (Å²) in [6, 6.07) is 8.57. The third kappa shape index (κ3) is 3.14. The Morgan fingerprint density at radius 1 is 1.32 bits per heavy atom. The van der Waals surface area contributed by atoms with Crippen LogP contribution in [0.25, 0.3) is 11.0 Å². The van der Waals surface area contributed by atoms with Crippen molar-refractivity contribution >= 4 is 11.0 Å². The Morgan fingerprint density at radius 2 is 2.05 bits per heavy atom. The molecular weight excluding hydrogens is 238 g/mol. The van der Waals surface area contributed by atoms with Crippen molar-refractivity contribution in [1.82, 2.24) is 14.9 Å². The third-order valence-corrected chi connectivity index (χ3v) is 3.55. The van der Waals surface area contributed by atoms with Crippen LogP contribution in [0.3, 0.4) is 0 Å². The van der Waals surface area contributed by atoms with Gasteiger partial charge in [0.1, 0.15) is 5.82 Å². The maximum Gasteiger partial charge on any atom is 0.123 e. The van der Waals surface area contributed by atoms with E-state index in [0.29, 0.717) is 12.0 Å². The molecule has 4 heteroatoms. The summed E-state index contributed by atoms with van der Waals surface area (Å²) in [5.74, 6) is 1.59. The van der Waals surface area contributed by atoms with E-state index >= 15 is 0 Å². The number of nitrogens with one attached hydrogen (secondary N) is 1. The first kappa shape index (κ1) is 14.0. The van der Waals surface area contributed by atoms with E-state index in [1.165, 1.54) is 5.52 Å². The second-order valence-electron chi connectivity index (χ2n) is 5.26. The summed E-state index contributed by atoms with van der Waals surface area (Å²) in [6.45, 7) is 5.89. The van der Waals surface area contributed by atoms with E-state index in [1.807, 2.05) is 18.2 Å². The molecule has 0 bridgehead atoms. The fraction of sp³-hybridized carbons (Fsp3) is 0.533. The number of nitrogens with zero attached hydrogens (tertiary/aromatic N) is 2. The average molecular weight is 261 g/mol. The van der Waals surface area contributed by atoms with Crippen molar-refractivity contribution < 1.29 is 4.74 Å². The lowest BCUT2D eigenvalue weighted by molar-refractivity contribution is 0.146. The lowest BCUT2D eigenvalue weighted by Gasteiger charge is -2.21. The highest BCUT2D eigenvalue weighted by atomic mass is 16.5. The zero-order chi connectivity index (χ0) is 13.8. The van der Waals surface area contributed by atoms with Gasteiger partial charge >= 0.3 is 0 Å². The van der Waals surface area contributed by atoms with E-state index < -0.39 is 0 Å². The molecule has 1 aromatic heterocycles. The molecule has 0 fully saturated rings. The van der Waals surface area contributed by atoms with Gasteiger partial charge in [-0.15, -0.1) is 0 Å². The van der Waals surface area contributed by atoms with Crippen LogP contribution in [0.4, 0.5) is 0 Å². The molecule has 0 saturated carbocycles. The van der Waals surface area contributed by atoms with Crippen molar-refractivity contribution in [2.75, 3.05) is 13.7 Å². The maximum absolute atomic E-state index is 5.25. The summed E-state index contributed by atoms with van der Waals surface area (Å²) in [4.78, 5) is 4.66. The van der Waals surface area contributed by atoms with Crippen LogP contribution < -0.4 is 5.32 Å². The van der Waals surface area contributed by atoms with Crippen LogP contribution in [0.2, 0.25) is 0 Å². The largest absolute Gasteiger partial charge is 0.383 e. The fourth-order valence-electron chi connectivity index (χ4n) is 2.24. The van der Waals surface area contributed by atoms with E-state index in [0.717, 1.165) is 24.5 Å². The van der Waals surface area contributed by atoms with Gasteiger partial charge < -0.3 is 14.6 Å². The molecule has 0 aliphatic carbocycles. The lowest BCUT2D eigenvalue weighted by atomic mass is 10.1. The zero-order valence-electron chi connectivity index (χ0n) is 12.2. The predicted octanol–water partition coefficient (Wildman–Crippen LogP) is 2.33. The predicted molar refractivity (Wildman–Crippen MR) is 78.1 cm³/mol. The average Bonchev–Trinajstić information content (AvgIpc) is 2.72. The summed E-state index contributed by atoms with van der Waals surface area (Å²) in [5, 5.41) is 3.53. The molecule has 2 aromatic rings. The van der Waals surface area contributed by atoms with Gasteiger partial charge in [-0.1, -0.05) is 26.0 Å². The number of aryl methyl sites for hydroxylation is 1. The first-order valence-electron chi connectivity index (χ1n) is 6.76. The van der Waals surface area contributed by atoms with Gasteiger partial charge in [0.05, 0.1) is 24.2 Å². The van der Waals surface area contributed by atoms with Crippen LogP contribution in [0.1, 0.15) is 19.7 Å². The van der Waals surface area contributed by atoms with Crippen LogP contribution in [0.5, 0.6) is 0 Å². The molecule has 104 valence electrons. The summed E-state index contributed by atoms with van der Waals surface area (Å²) in [5.41, 5.74) is 2.22. The molecule has 0 spiro atoms. The molecule has 1 heterocycles. The number of imidazole rings is 1. The zero-order valence-corrected chi connectivity index (χ0v) is 12.2. The van der Waals surface area contributed by atoms with E-state index in [4.69, 9.17) is 4.74 Å². The highest BCUT2D eigenvalue weighted by Crippen LogP contribution is 2.14. The molecule has 0 amide bonds. The van der Waals surface area contributed by atoms with E-state index in [2.05, 4.69) is 41.8 Å². The minimum absolute atomic E-state index is 0.352. The van der Waals surface area contributed by atoms with Crippen molar-refractivity contribution in [2.45, 2.75) is 26.4 Å². The van der Waals surface area contributed by atoms with Gasteiger partial charge in [-0.2, -0.15) is 0 Å². The molecule has 0 aliphatic rings. The van der Waals surface area contributed by atoms with Gasteiger partial charge in [-0.05, 0) is 18.1 Å². The number of methoxy groups -OCH3 is 1. The minimum atomic E-state index is 0.352. The SMILES string of the molecule is COCC(NCc1nc2ccccc2n1C)C(C)C. The monoisotopic (exact) mass is 261 g/mol. The number of ether oxygens (including phenoxy) is 1. The van der Waals surface area contributed by atoms with Gasteiger partial charge in [-0.3, -0.25) is 0 Å². The second-order valence-corrected chi connectivity index (χ2v) is 5.26. The lowest BCUT2D eigenvalue weighted by Crippen LogP contribution is -2.37. The molecule has 1 N–H and O–H groups in total. The topological polar surface area (TPSA) is 39.1 Å². The maximum atomic E-state index is 5.25. The Balaban J connectivity index is 2.10. The van der Waals surface area contributed by atoms with Crippen molar-refractivity contribution in [3.63, 3.8) is 0 Å². The summed E-state index contributed by atoms with van der Waals surface area (Å²) < 4.78 is 7.40. The van der Waals surface area contributed by atoms with E-state index in [1.54, 1.807) is 7.11 Å². The highest BCUT2D eigenvalue weighted by molar-refractivity contribution is 5.75. The quantitative estimate of drug-likeness (QED) is 0.867. The first-order valence-corrected chi connectivity index (χ1v) is 6.76. The Bertz CT molecular complexity index is 533. The third-order valence-electron chi connectivity index (χ3n) is 3.55. The van der Waals surface area contributed by atoms with Crippen molar-refractivity contribution in [3.8, 4) is 0 Å². The first-order chi connectivity index (χ1) is 9.13. The minimum Gasteiger partial charge on any atom is -0.383 e. The molecule has 1 unspecified atom stereocenters. The number of fused-ring (bicyclic) bond motifs is 1. The standard InChI is InChI=1S/C15H23N3O/c1-11(2)13(10-19-4)16-9-15-17-12-7-5-6-8-14(12)18(15)3/h5-8,11,13,16H,9-10H2,1-4H3. The van der Waals surface area contributed by atoms with Crippen LogP contribution in [0.15, 0.2) is 24.3 Å². The summed E-state index contributed by atoms with van der Waals surface area (Å²) >= 11 is 0. The van der Waals surface area contributed by atoms with E-state index in [-0.39, 0.29) is 0 Å². The number of para-hydroxylation sites is 2. The van der Waals surface area contributed by atoms with E-state index in [9.17, 15) is 0 Å². The molecule has 4 nitrogen and oxygen atoms in total. The number of aromatic nitrogens is 2. The van der Waals surface area contributed by atoms with Crippen LogP contribution in [-0.4, -0.2) is 29.3 Å². The molecule has 0 aliphatic heterocycles. The van der Waals surface area contributed by atoms with Gasteiger partial charge in [0, 0.05) is 20.2 Å². The number of benzene rings is 1. The van der Waals surface area contributed by atoms with Gasteiger partial charge in [-0.25, -0.2) is 4.98 Å². The molecule has 19 heavy (non-hydrogen) atoms. The van der Waals surface area contributed by atoms with Crippen molar-refractivity contribution in [2.24, 2.45) is 13.0 Å². The van der Waals surface area contributed by atoms with Crippen LogP contribution in [-0.2, 0) is 18.3 Å². The number of hydrogen-bond donors (Lipinski definition) is 1. The Kier molecular flexibility index (Phi) is 4.56. The molecule has 2 rings (SSSR count). The molecule has 1 aromatic carbocycles.